The molecule has 2 amide bonds. The molecule has 2 N–H and O–H groups in total. The maximum absolute atomic E-state index is 12.3. The second-order valence-electron chi connectivity index (χ2n) is 6.77. The zero-order valence-electron chi connectivity index (χ0n) is 15.4. The normalized spacial score (nSPS) is 14.7. The van der Waals surface area contributed by atoms with Gasteiger partial charge in [0.2, 0.25) is 5.91 Å². The minimum atomic E-state index is -0.102. The Hall–Kier alpha value is -2.53. The van der Waals surface area contributed by atoms with Crippen LogP contribution in [0, 0.1) is 0 Å². The lowest BCUT2D eigenvalue weighted by molar-refractivity contribution is -0.120. The SMILES string of the molecule is CC(NC(=O)CNc1ccc(C(=O)N2CCCC2)cc1)c1ccc(Cl)cc1. The van der Waals surface area contributed by atoms with E-state index < -0.39 is 0 Å². The number of carbonyl (C=O) groups excluding carboxylic acids is 2. The van der Waals surface area contributed by atoms with Gasteiger partial charge in [0.05, 0.1) is 12.6 Å². The molecule has 27 heavy (non-hydrogen) atoms. The highest BCUT2D eigenvalue weighted by Gasteiger charge is 2.19. The van der Waals surface area contributed by atoms with Crippen LogP contribution in [0.25, 0.3) is 0 Å². The van der Waals surface area contributed by atoms with Gasteiger partial charge in [-0.15, -0.1) is 0 Å². The summed E-state index contributed by atoms with van der Waals surface area (Å²) in [6.45, 7) is 3.77. The molecule has 2 aromatic rings. The molecule has 1 aliphatic heterocycles. The molecule has 1 fully saturated rings. The van der Waals surface area contributed by atoms with Gasteiger partial charge in [-0.2, -0.15) is 0 Å². The van der Waals surface area contributed by atoms with Crippen molar-refractivity contribution in [2.24, 2.45) is 0 Å². The third-order valence-electron chi connectivity index (χ3n) is 4.73. The van der Waals surface area contributed by atoms with Crippen LogP contribution < -0.4 is 10.6 Å². The van der Waals surface area contributed by atoms with Gasteiger partial charge in [0.25, 0.3) is 5.91 Å². The summed E-state index contributed by atoms with van der Waals surface area (Å²) in [6, 6.07) is 14.6. The number of nitrogens with one attached hydrogen (secondary N) is 2. The van der Waals surface area contributed by atoms with Crippen LogP contribution in [0.4, 0.5) is 5.69 Å². The van der Waals surface area contributed by atoms with Gasteiger partial charge in [-0.1, -0.05) is 23.7 Å². The molecule has 1 saturated heterocycles. The summed E-state index contributed by atoms with van der Waals surface area (Å²) in [5, 5.41) is 6.71. The number of halogens is 1. The third kappa shape index (κ3) is 5.23. The molecule has 6 heteroatoms. The Kier molecular flexibility index (Phi) is 6.35. The third-order valence-corrected chi connectivity index (χ3v) is 4.98. The average molecular weight is 386 g/mol. The molecular formula is C21H24ClN3O2. The van der Waals surface area contributed by atoms with E-state index in [9.17, 15) is 9.59 Å². The van der Waals surface area contributed by atoms with E-state index in [-0.39, 0.29) is 24.4 Å². The average Bonchev–Trinajstić information content (AvgIpc) is 3.21. The van der Waals surface area contributed by atoms with Gasteiger partial charge in [0, 0.05) is 29.4 Å². The van der Waals surface area contributed by atoms with E-state index in [1.54, 1.807) is 12.1 Å². The lowest BCUT2D eigenvalue weighted by Crippen LogP contribution is -2.32. The number of anilines is 1. The van der Waals surface area contributed by atoms with Crippen molar-refractivity contribution in [3.05, 3.63) is 64.7 Å². The van der Waals surface area contributed by atoms with E-state index in [4.69, 9.17) is 11.6 Å². The standard InChI is InChI=1S/C21H24ClN3O2/c1-15(16-4-8-18(22)9-5-16)24-20(26)14-23-19-10-6-17(7-11-19)21(27)25-12-2-3-13-25/h4-11,15,23H,2-3,12-14H2,1H3,(H,24,26). The first-order valence-corrected chi connectivity index (χ1v) is 9.59. The summed E-state index contributed by atoms with van der Waals surface area (Å²) >= 11 is 5.89. The van der Waals surface area contributed by atoms with Crippen molar-refractivity contribution in [3.63, 3.8) is 0 Å². The summed E-state index contributed by atoms with van der Waals surface area (Å²) in [7, 11) is 0. The highest BCUT2D eigenvalue weighted by Crippen LogP contribution is 2.17. The molecule has 0 radical (unpaired) electrons. The largest absolute Gasteiger partial charge is 0.376 e. The Morgan fingerprint density at radius 3 is 2.30 bits per heavy atom. The highest BCUT2D eigenvalue weighted by molar-refractivity contribution is 6.30. The van der Waals surface area contributed by atoms with Gasteiger partial charge in [-0.3, -0.25) is 9.59 Å². The molecule has 0 aromatic heterocycles. The molecule has 0 spiro atoms. The van der Waals surface area contributed by atoms with E-state index in [1.807, 2.05) is 48.2 Å². The highest BCUT2D eigenvalue weighted by atomic mass is 35.5. The number of hydrogen-bond donors (Lipinski definition) is 2. The van der Waals surface area contributed by atoms with Crippen LogP contribution in [0.1, 0.15) is 41.7 Å². The van der Waals surface area contributed by atoms with Crippen molar-refractivity contribution in [2.75, 3.05) is 25.0 Å². The van der Waals surface area contributed by atoms with Gasteiger partial charge >= 0.3 is 0 Å². The van der Waals surface area contributed by atoms with Crippen LogP contribution >= 0.6 is 11.6 Å². The van der Waals surface area contributed by atoms with Crippen LogP contribution in [0.3, 0.4) is 0 Å². The fraction of sp³-hybridized carbons (Fsp3) is 0.333. The zero-order chi connectivity index (χ0) is 19.2. The Morgan fingerprint density at radius 1 is 1.04 bits per heavy atom. The monoisotopic (exact) mass is 385 g/mol. The zero-order valence-corrected chi connectivity index (χ0v) is 16.1. The first-order chi connectivity index (χ1) is 13.0. The molecule has 1 aliphatic rings. The van der Waals surface area contributed by atoms with E-state index >= 15 is 0 Å². The number of carbonyl (C=O) groups is 2. The van der Waals surface area contributed by atoms with Crippen LogP contribution in [0.5, 0.6) is 0 Å². The van der Waals surface area contributed by atoms with E-state index in [2.05, 4.69) is 10.6 Å². The van der Waals surface area contributed by atoms with Crippen molar-refractivity contribution >= 4 is 29.1 Å². The van der Waals surface area contributed by atoms with E-state index in [0.29, 0.717) is 10.6 Å². The Morgan fingerprint density at radius 2 is 1.67 bits per heavy atom. The molecular weight excluding hydrogens is 362 g/mol. The molecule has 5 nitrogen and oxygen atoms in total. The number of likely N-dealkylation sites (tertiary alicyclic amines) is 1. The minimum absolute atomic E-state index is 0.0774. The lowest BCUT2D eigenvalue weighted by Gasteiger charge is -2.16. The number of amides is 2. The van der Waals surface area contributed by atoms with E-state index in [0.717, 1.165) is 37.2 Å². The fourth-order valence-electron chi connectivity index (χ4n) is 3.14. The van der Waals surface area contributed by atoms with Crippen molar-refractivity contribution in [1.82, 2.24) is 10.2 Å². The predicted octanol–water partition coefficient (Wildman–Crippen LogP) is 3.87. The molecule has 0 saturated carbocycles. The van der Waals surface area contributed by atoms with Crippen LogP contribution in [-0.4, -0.2) is 36.3 Å². The second kappa shape index (κ2) is 8.91. The number of rotatable bonds is 6. The quantitative estimate of drug-likeness (QED) is 0.793. The fourth-order valence-corrected chi connectivity index (χ4v) is 3.27. The van der Waals surface area contributed by atoms with Crippen LogP contribution in [-0.2, 0) is 4.79 Å². The minimum Gasteiger partial charge on any atom is -0.376 e. The number of benzene rings is 2. The molecule has 0 bridgehead atoms. The molecule has 3 rings (SSSR count). The summed E-state index contributed by atoms with van der Waals surface area (Å²) in [4.78, 5) is 26.4. The molecule has 1 heterocycles. The molecule has 1 atom stereocenters. The first-order valence-electron chi connectivity index (χ1n) is 9.21. The van der Waals surface area contributed by atoms with Crippen molar-refractivity contribution in [3.8, 4) is 0 Å². The van der Waals surface area contributed by atoms with Crippen molar-refractivity contribution in [1.29, 1.82) is 0 Å². The van der Waals surface area contributed by atoms with E-state index in [1.165, 1.54) is 0 Å². The van der Waals surface area contributed by atoms with Gasteiger partial charge in [0.1, 0.15) is 0 Å². The maximum atomic E-state index is 12.3. The first kappa shape index (κ1) is 19.2. The smallest absolute Gasteiger partial charge is 0.253 e. The molecule has 1 unspecified atom stereocenters. The summed E-state index contributed by atoms with van der Waals surface area (Å²) in [5.74, 6) is -0.0248. The predicted molar refractivity (Wildman–Crippen MR) is 108 cm³/mol. The molecule has 142 valence electrons. The van der Waals surface area contributed by atoms with Gasteiger partial charge in [-0.05, 0) is 61.7 Å². The topological polar surface area (TPSA) is 61.4 Å². The second-order valence-corrected chi connectivity index (χ2v) is 7.21. The maximum Gasteiger partial charge on any atom is 0.253 e. The summed E-state index contributed by atoms with van der Waals surface area (Å²) in [6.07, 6.45) is 2.16. The van der Waals surface area contributed by atoms with Gasteiger partial charge in [-0.25, -0.2) is 0 Å². The van der Waals surface area contributed by atoms with Crippen LogP contribution in [0.15, 0.2) is 48.5 Å². The summed E-state index contributed by atoms with van der Waals surface area (Å²) < 4.78 is 0. The molecule has 0 aliphatic carbocycles. The molecule has 2 aromatic carbocycles. The summed E-state index contributed by atoms with van der Waals surface area (Å²) in [5.41, 5.74) is 2.49. The Bertz CT molecular complexity index is 784. The number of nitrogens with zero attached hydrogens (tertiary/aromatic N) is 1. The van der Waals surface area contributed by atoms with Gasteiger partial charge in [0.15, 0.2) is 0 Å². The van der Waals surface area contributed by atoms with Crippen LogP contribution in [0.2, 0.25) is 5.02 Å². The number of hydrogen-bond acceptors (Lipinski definition) is 3. The van der Waals surface area contributed by atoms with Gasteiger partial charge < -0.3 is 15.5 Å². The van der Waals surface area contributed by atoms with Crippen molar-refractivity contribution < 1.29 is 9.59 Å². The lowest BCUT2D eigenvalue weighted by atomic mass is 10.1. The Balaban J connectivity index is 1.48. The van der Waals surface area contributed by atoms with Crippen molar-refractivity contribution in [2.45, 2.75) is 25.8 Å². The Labute approximate surface area is 164 Å².